The van der Waals surface area contributed by atoms with Crippen molar-refractivity contribution >= 4 is 5.97 Å². The highest BCUT2D eigenvalue weighted by molar-refractivity contribution is 5.88. The van der Waals surface area contributed by atoms with E-state index < -0.39 is 5.97 Å². The number of carbonyl (C=O) groups is 1. The Kier molecular flexibility index (Phi) is 4.22. The zero-order valence-corrected chi connectivity index (χ0v) is 11.8. The summed E-state index contributed by atoms with van der Waals surface area (Å²) in [5, 5.41) is 8.93. The Hall–Kier alpha value is -2.83. The predicted molar refractivity (Wildman–Crippen MR) is 73.3 cm³/mol. The highest BCUT2D eigenvalue weighted by Gasteiger charge is 2.12. The van der Waals surface area contributed by atoms with E-state index in [0.717, 1.165) is 0 Å². The van der Waals surface area contributed by atoms with E-state index in [9.17, 15) is 4.79 Å². The molecule has 0 atom stereocenters. The molecule has 1 aromatic heterocycles. The van der Waals surface area contributed by atoms with E-state index in [1.54, 1.807) is 25.1 Å². The van der Waals surface area contributed by atoms with E-state index in [-0.39, 0.29) is 11.6 Å². The second kappa shape index (κ2) is 6.08. The minimum Gasteiger partial charge on any atom is -0.496 e. The fourth-order valence-electron chi connectivity index (χ4n) is 1.65. The average Bonchev–Trinajstić information content (AvgIpc) is 2.46. The maximum atomic E-state index is 10.9. The van der Waals surface area contributed by atoms with Crippen molar-refractivity contribution in [3.05, 3.63) is 35.7 Å². The van der Waals surface area contributed by atoms with Crippen molar-refractivity contribution in [3.8, 4) is 23.3 Å². The molecule has 0 saturated carbocycles. The van der Waals surface area contributed by atoms with Gasteiger partial charge in [0.25, 0.3) is 0 Å². The lowest BCUT2D eigenvalue weighted by atomic mass is 10.2. The van der Waals surface area contributed by atoms with Gasteiger partial charge < -0.3 is 19.3 Å². The van der Waals surface area contributed by atoms with Crippen LogP contribution in [0.25, 0.3) is 0 Å². The summed E-state index contributed by atoms with van der Waals surface area (Å²) in [6.07, 6.45) is 1.21. The largest absolute Gasteiger partial charge is 0.496 e. The smallest absolute Gasteiger partial charge is 0.339 e. The number of hydrogen-bond donors (Lipinski definition) is 1. The van der Waals surface area contributed by atoms with Gasteiger partial charge in [-0.3, -0.25) is 0 Å². The van der Waals surface area contributed by atoms with Crippen molar-refractivity contribution in [1.29, 1.82) is 0 Å². The second-order valence-corrected chi connectivity index (χ2v) is 4.11. The summed E-state index contributed by atoms with van der Waals surface area (Å²) < 4.78 is 15.8. The van der Waals surface area contributed by atoms with Crippen LogP contribution in [0.2, 0.25) is 0 Å². The normalized spacial score (nSPS) is 10.0. The van der Waals surface area contributed by atoms with E-state index in [0.29, 0.717) is 22.9 Å². The highest BCUT2D eigenvalue weighted by atomic mass is 16.5. The van der Waals surface area contributed by atoms with Crippen LogP contribution in [0.1, 0.15) is 16.1 Å². The van der Waals surface area contributed by atoms with Crippen molar-refractivity contribution < 1.29 is 24.1 Å². The van der Waals surface area contributed by atoms with Gasteiger partial charge in [-0.05, 0) is 6.92 Å². The molecule has 2 aromatic rings. The van der Waals surface area contributed by atoms with Gasteiger partial charge in [-0.15, -0.1) is 0 Å². The number of hydrogen-bond acceptors (Lipinski definition) is 6. The van der Waals surface area contributed by atoms with Gasteiger partial charge in [0.15, 0.2) is 0 Å². The third kappa shape index (κ3) is 3.38. The van der Waals surface area contributed by atoms with Gasteiger partial charge in [-0.1, -0.05) is 0 Å². The molecule has 0 radical (unpaired) electrons. The summed E-state index contributed by atoms with van der Waals surface area (Å²) in [4.78, 5) is 18.8. The first-order chi connectivity index (χ1) is 10.0. The number of ether oxygens (including phenoxy) is 3. The third-order valence-corrected chi connectivity index (χ3v) is 2.72. The molecule has 0 bridgehead atoms. The Labute approximate surface area is 121 Å². The van der Waals surface area contributed by atoms with Gasteiger partial charge in [0, 0.05) is 24.4 Å². The monoisotopic (exact) mass is 290 g/mol. The quantitative estimate of drug-likeness (QED) is 0.903. The Morgan fingerprint density at radius 1 is 1.10 bits per heavy atom. The molecule has 0 aliphatic rings. The highest BCUT2D eigenvalue weighted by Crippen LogP contribution is 2.29. The van der Waals surface area contributed by atoms with E-state index >= 15 is 0 Å². The number of methoxy groups -OCH3 is 2. The van der Waals surface area contributed by atoms with Crippen LogP contribution in [0.5, 0.6) is 23.3 Å². The molecule has 0 amide bonds. The maximum Gasteiger partial charge on any atom is 0.339 e. The van der Waals surface area contributed by atoms with Crippen molar-refractivity contribution in [1.82, 2.24) is 9.97 Å². The fraction of sp³-hybridized carbons (Fsp3) is 0.214. The number of aromatic carboxylic acids is 1. The number of nitrogens with zero attached hydrogens (tertiary/aromatic N) is 2. The summed E-state index contributed by atoms with van der Waals surface area (Å²) >= 11 is 0. The number of benzene rings is 1. The molecule has 21 heavy (non-hydrogen) atoms. The Morgan fingerprint density at radius 2 is 1.67 bits per heavy atom. The number of carboxylic acid groups (broad SMARTS) is 1. The molecule has 7 heteroatoms. The number of aryl methyl sites for hydroxylation is 1. The van der Waals surface area contributed by atoms with Crippen LogP contribution in [0.3, 0.4) is 0 Å². The molecule has 110 valence electrons. The molecule has 0 unspecified atom stereocenters. The van der Waals surface area contributed by atoms with Gasteiger partial charge in [0.2, 0.25) is 0 Å². The van der Waals surface area contributed by atoms with Gasteiger partial charge in [0.1, 0.15) is 17.2 Å². The Balaban J connectivity index is 2.29. The molecular weight excluding hydrogens is 276 g/mol. The summed E-state index contributed by atoms with van der Waals surface area (Å²) in [7, 11) is 3.06. The third-order valence-electron chi connectivity index (χ3n) is 2.72. The van der Waals surface area contributed by atoms with Crippen LogP contribution in [0, 0.1) is 6.92 Å². The molecule has 0 aliphatic heterocycles. The predicted octanol–water partition coefficient (Wildman–Crippen LogP) is 2.29. The van der Waals surface area contributed by atoms with Crippen molar-refractivity contribution in [2.75, 3.05) is 14.2 Å². The fourth-order valence-corrected chi connectivity index (χ4v) is 1.65. The molecule has 7 nitrogen and oxygen atoms in total. The minimum absolute atomic E-state index is 0.0329. The maximum absolute atomic E-state index is 10.9. The van der Waals surface area contributed by atoms with E-state index in [4.69, 9.17) is 19.3 Å². The van der Waals surface area contributed by atoms with Crippen LogP contribution in [-0.4, -0.2) is 35.3 Å². The van der Waals surface area contributed by atoms with Gasteiger partial charge in [-0.2, -0.15) is 4.98 Å². The Morgan fingerprint density at radius 3 is 2.14 bits per heavy atom. The molecule has 0 saturated heterocycles. The van der Waals surface area contributed by atoms with Crippen LogP contribution in [0.15, 0.2) is 24.4 Å². The molecule has 1 N–H and O–H groups in total. The first-order valence-electron chi connectivity index (χ1n) is 6.01. The van der Waals surface area contributed by atoms with Gasteiger partial charge >= 0.3 is 12.0 Å². The number of aromatic nitrogens is 2. The first kappa shape index (κ1) is 14.6. The molecule has 2 rings (SSSR count). The van der Waals surface area contributed by atoms with E-state index in [2.05, 4.69) is 9.97 Å². The summed E-state index contributed by atoms with van der Waals surface area (Å²) in [6, 6.07) is 5.04. The first-order valence-corrected chi connectivity index (χ1v) is 6.01. The van der Waals surface area contributed by atoms with Crippen LogP contribution in [0.4, 0.5) is 0 Å². The lowest BCUT2D eigenvalue weighted by Gasteiger charge is -2.09. The Bertz CT molecular complexity index is 650. The molecule has 0 aliphatic carbocycles. The van der Waals surface area contributed by atoms with Crippen LogP contribution < -0.4 is 14.2 Å². The van der Waals surface area contributed by atoms with E-state index in [1.165, 1.54) is 20.4 Å². The van der Waals surface area contributed by atoms with Crippen molar-refractivity contribution in [2.24, 2.45) is 0 Å². The molecule has 0 fully saturated rings. The summed E-state index contributed by atoms with van der Waals surface area (Å²) in [6.45, 7) is 1.57. The lowest BCUT2D eigenvalue weighted by molar-refractivity contribution is 0.0695. The molecule has 1 aromatic carbocycles. The van der Waals surface area contributed by atoms with Crippen LogP contribution >= 0.6 is 0 Å². The average molecular weight is 290 g/mol. The van der Waals surface area contributed by atoms with Gasteiger partial charge in [-0.25, -0.2) is 9.78 Å². The van der Waals surface area contributed by atoms with Crippen LogP contribution in [-0.2, 0) is 0 Å². The number of rotatable bonds is 5. The van der Waals surface area contributed by atoms with Crippen molar-refractivity contribution in [2.45, 2.75) is 6.92 Å². The SMILES string of the molecule is COc1cc(OC)cc(Oc2ncc(C(=O)O)c(C)n2)c1. The lowest BCUT2D eigenvalue weighted by Crippen LogP contribution is -2.04. The second-order valence-electron chi connectivity index (χ2n) is 4.11. The molecule has 1 heterocycles. The zero-order chi connectivity index (χ0) is 15.4. The summed E-state index contributed by atoms with van der Waals surface area (Å²) in [5.41, 5.74) is 0.355. The topological polar surface area (TPSA) is 90.8 Å². The number of carboxylic acids is 1. The summed E-state index contributed by atoms with van der Waals surface area (Å²) in [5.74, 6) is 0.460. The molecular formula is C14H14N2O5. The van der Waals surface area contributed by atoms with E-state index in [1.807, 2.05) is 0 Å². The van der Waals surface area contributed by atoms with Crippen molar-refractivity contribution in [3.63, 3.8) is 0 Å². The van der Waals surface area contributed by atoms with Gasteiger partial charge in [0.05, 0.1) is 25.5 Å². The molecule has 0 spiro atoms. The zero-order valence-electron chi connectivity index (χ0n) is 11.8. The standard InChI is InChI=1S/C14H14N2O5/c1-8-12(13(17)18)7-15-14(16-8)21-11-5-9(19-2)4-10(6-11)20-3/h4-7H,1-3H3,(H,17,18). The minimum atomic E-state index is -1.08.